The van der Waals surface area contributed by atoms with Gasteiger partial charge in [0.2, 0.25) is 0 Å². The van der Waals surface area contributed by atoms with Gasteiger partial charge in [-0.25, -0.2) is 0 Å². The predicted molar refractivity (Wildman–Crippen MR) is 107 cm³/mol. The first-order valence-corrected chi connectivity index (χ1v) is 12.7. The molecule has 3 rings (SSSR count). The number of fused-ring (bicyclic) bond motifs is 1. The minimum Gasteiger partial charge on any atom is -0.412 e. The summed E-state index contributed by atoms with van der Waals surface area (Å²) in [7, 11) is -2.43. The van der Waals surface area contributed by atoms with Crippen LogP contribution in [-0.2, 0) is 18.0 Å². The average molecular weight is 391 g/mol. The first-order chi connectivity index (χ1) is 12.2. The van der Waals surface area contributed by atoms with Crippen LogP contribution in [-0.4, -0.2) is 46.3 Å². The number of hydrogen-bond donors (Lipinski definition) is 0. The van der Waals surface area contributed by atoms with Crippen LogP contribution in [0, 0.1) is 5.92 Å². The topological polar surface area (TPSA) is 71.7 Å². The van der Waals surface area contributed by atoms with Gasteiger partial charge in [-0.3, -0.25) is 0 Å². The molecule has 5 nitrogen and oxygen atoms in total. The number of ether oxygens (including phenoxy) is 1. The van der Waals surface area contributed by atoms with E-state index in [1.54, 1.807) is 0 Å². The number of epoxide rings is 1. The van der Waals surface area contributed by atoms with Crippen molar-refractivity contribution in [2.45, 2.75) is 103 Å². The lowest BCUT2D eigenvalue weighted by Gasteiger charge is -2.30. The van der Waals surface area contributed by atoms with Crippen molar-refractivity contribution in [2.75, 3.05) is 19.8 Å². The lowest BCUT2D eigenvalue weighted by molar-refractivity contribution is 0.0691. The quantitative estimate of drug-likeness (QED) is 0.429. The molecule has 0 aromatic heterocycles. The summed E-state index contributed by atoms with van der Waals surface area (Å²) in [6, 6.07) is 0.949. The van der Waals surface area contributed by atoms with Crippen LogP contribution in [0.3, 0.4) is 0 Å². The maximum Gasteiger partial charge on any atom is 0.500 e. The van der Waals surface area contributed by atoms with E-state index in [9.17, 15) is 0 Å². The zero-order valence-corrected chi connectivity index (χ0v) is 18.3. The van der Waals surface area contributed by atoms with Crippen LogP contribution in [0.2, 0.25) is 6.04 Å². The van der Waals surface area contributed by atoms with E-state index in [4.69, 9.17) is 18.0 Å². The Bertz CT molecular complexity index is 323. The van der Waals surface area contributed by atoms with Crippen LogP contribution in [0.1, 0.15) is 85.0 Å². The predicted octanol–water partition coefficient (Wildman–Crippen LogP) is 4.51. The van der Waals surface area contributed by atoms with E-state index in [-0.39, 0.29) is 5.48 Å². The van der Waals surface area contributed by atoms with E-state index < -0.39 is 8.80 Å². The summed E-state index contributed by atoms with van der Waals surface area (Å²) in [6.07, 6.45) is 15.0. The lowest BCUT2D eigenvalue weighted by Crippen LogP contribution is -2.46. The van der Waals surface area contributed by atoms with E-state index in [0.29, 0.717) is 32.0 Å². The van der Waals surface area contributed by atoms with Gasteiger partial charge in [0.15, 0.2) is 0 Å². The molecule has 26 heavy (non-hydrogen) atoms. The molecule has 0 spiro atoms. The second kappa shape index (κ2) is 13.2. The van der Waals surface area contributed by atoms with Crippen LogP contribution < -0.4 is 0 Å². The summed E-state index contributed by atoms with van der Waals surface area (Å²) in [5.41, 5.74) is 0. The maximum absolute atomic E-state index is 5.90. The van der Waals surface area contributed by atoms with Crippen molar-refractivity contribution in [3.8, 4) is 0 Å². The molecular weight excluding hydrogens is 348 g/mol. The highest BCUT2D eigenvalue weighted by Crippen LogP contribution is 2.41. The minimum absolute atomic E-state index is 0. The van der Waals surface area contributed by atoms with E-state index >= 15 is 0 Å². The summed E-state index contributed by atoms with van der Waals surface area (Å²) in [4.78, 5) is 0. The molecule has 1 saturated heterocycles. The van der Waals surface area contributed by atoms with E-state index in [2.05, 4.69) is 0 Å². The van der Waals surface area contributed by atoms with E-state index in [1.165, 1.54) is 57.8 Å². The minimum atomic E-state index is -2.43. The lowest BCUT2D eigenvalue weighted by atomic mass is 9.88. The van der Waals surface area contributed by atoms with Gasteiger partial charge in [-0.05, 0) is 52.4 Å². The van der Waals surface area contributed by atoms with Gasteiger partial charge < -0.3 is 23.5 Å². The Morgan fingerprint density at radius 2 is 1.27 bits per heavy atom. The van der Waals surface area contributed by atoms with Gasteiger partial charge in [-0.15, -0.1) is 0 Å². The van der Waals surface area contributed by atoms with Gasteiger partial charge in [0, 0.05) is 25.9 Å². The van der Waals surface area contributed by atoms with Crippen LogP contribution in [0.25, 0.3) is 0 Å². The Hall–Kier alpha value is 0.0169. The van der Waals surface area contributed by atoms with Gasteiger partial charge in [0.05, 0.1) is 12.2 Å². The Kier molecular flexibility index (Phi) is 12.2. The van der Waals surface area contributed by atoms with Gasteiger partial charge in [0.1, 0.15) is 0 Å². The van der Waals surface area contributed by atoms with Crippen molar-refractivity contribution < 1.29 is 23.5 Å². The third kappa shape index (κ3) is 8.36. The molecule has 0 aromatic rings. The van der Waals surface area contributed by atoms with Crippen molar-refractivity contribution in [3.05, 3.63) is 0 Å². The molecule has 0 bridgehead atoms. The van der Waals surface area contributed by atoms with E-state index in [1.807, 2.05) is 20.8 Å². The first kappa shape index (κ1) is 24.1. The summed E-state index contributed by atoms with van der Waals surface area (Å²) in [5.74, 6) is 0.761. The molecule has 0 aromatic carbocycles. The highest BCUT2D eigenvalue weighted by molar-refractivity contribution is 6.60. The fraction of sp³-hybridized carbons (Fsp3) is 1.00. The largest absolute Gasteiger partial charge is 0.500 e. The summed E-state index contributed by atoms with van der Waals surface area (Å²) in [6.45, 7) is 8.06. The van der Waals surface area contributed by atoms with Crippen LogP contribution in [0.4, 0.5) is 0 Å². The van der Waals surface area contributed by atoms with Gasteiger partial charge in [0.25, 0.3) is 0 Å². The molecule has 1 heterocycles. The zero-order chi connectivity index (χ0) is 18.0. The van der Waals surface area contributed by atoms with Crippen LogP contribution in [0.5, 0.6) is 0 Å². The van der Waals surface area contributed by atoms with Crippen molar-refractivity contribution >= 4 is 8.80 Å². The SMILES string of the molecule is C1CCCCC1.CCO[Si](CCC1CCC2OC2C1)(OCC)OCC.O. The molecule has 2 N–H and O–H groups in total. The van der Waals surface area contributed by atoms with Crippen LogP contribution in [0.15, 0.2) is 0 Å². The van der Waals surface area contributed by atoms with Crippen molar-refractivity contribution in [1.29, 1.82) is 0 Å². The third-order valence-electron chi connectivity index (χ3n) is 5.56. The van der Waals surface area contributed by atoms with E-state index in [0.717, 1.165) is 18.4 Å². The molecule has 0 radical (unpaired) electrons. The van der Waals surface area contributed by atoms with Gasteiger partial charge in [-0.2, -0.15) is 0 Å². The second-order valence-corrected chi connectivity index (χ2v) is 10.3. The Morgan fingerprint density at radius 1 is 0.769 bits per heavy atom. The highest BCUT2D eigenvalue weighted by atomic mass is 28.4. The Labute approximate surface area is 161 Å². The summed E-state index contributed by atoms with van der Waals surface area (Å²) in [5, 5.41) is 0. The zero-order valence-electron chi connectivity index (χ0n) is 17.3. The van der Waals surface area contributed by atoms with Crippen molar-refractivity contribution in [1.82, 2.24) is 0 Å². The maximum atomic E-state index is 5.90. The molecule has 3 fully saturated rings. The average Bonchev–Trinajstić information content (AvgIpc) is 3.42. The highest BCUT2D eigenvalue weighted by Gasteiger charge is 2.46. The molecule has 0 amide bonds. The number of rotatable bonds is 9. The fourth-order valence-electron chi connectivity index (χ4n) is 4.19. The Morgan fingerprint density at radius 3 is 1.69 bits per heavy atom. The van der Waals surface area contributed by atoms with Crippen molar-refractivity contribution in [3.63, 3.8) is 0 Å². The molecule has 3 aliphatic rings. The first-order valence-electron chi connectivity index (χ1n) is 10.8. The Balaban J connectivity index is 0.000000410. The smallest absolute Gasteiger partial charge is 0.412 e. The molecule has 2 saturated carbocycles. The molecule has 1 aliphatic heterocycles. The molecule has 2 aliphatic carbocycles. The summed E-state index contributed by atoms with van der Waals surface area (Å²) < 4.78 is 23.3. The third-order valence-corrected chi connectivity index (χ3v) is 8.65. The van der Waals surface area contributed by atoms with Crippen LogP contribution >= 0.6 is 0 Å². The molecule has 6 heteroatoms. The normalized spacial score (nSPS) is 27.6. The molecule has 3 atom stereocenters. The van der Waals surface area contributed by atoms with Crippen molar-refractivity contribution in [2.24, 2.45) is 5.92 Å². The summed E-state index contributed by atoms with van der Waals surface area (Å²) >= 11 is 0. The standard InChI is InChI=1S/C14H28O4Si.C6H12.H2O/c1-4-15-19(16-5-2,17-6-3)10-9-12-7-8-13-14(11-12)18-13;1-2-4-6-5-3-1;/h12-14H,4-11H2,1-3H3;1-6H2;1H2. The second-order valence-electron chi connectivity index (χ2n) is 7.53. The fourth-order valence-corrected chi connectivity index (χ4v) is 6.96. The van der Waals surface area contributed by atoms with Gasteiger partial charge in [-0.1, -0.05) is 38.5 Å². The number of hydrogen-bond acceptors (Lipinski definition) is 4. The molecule has 156 valence electrons. The van der Waals surface area contributed by atoms with Gasteiger partial charge >= 0.3 is 8.80 Å². The molecule has 3 unspecified atom stereocenters. The molecular formula is C20H42O5Si. The monoisotopic (exact) mass is 390 g/mol.